The molecule has 2 aromatic carbocycles. The summed E-state index contributed by atoms with van der Waals surface area (Å²) >= 11 is 0. The second kappa shape index (κ2) is 5.26. The maximum Gasteiger partial charge on any atom is 0.0403 e. The maximum atomic E-state index is 3.54. The lowest BCUT2D eigenvalue weighted by Crippen LogP contribution is -2.04. The van der Waals surface area contributed by atoms with E-state index in [2.05, 4.69) is 69.4 Å². The van der Waals surface area contributed by atoms with Crippen molar-refractivity contribution < 1.29 is 0 Å². The number of benzene rings is 2. The highest BCUT2D eigenvalue weighted by atomic mass is 14.9. The molecule has 1 nitrogen and oxygen atoms in total. The SMILES string of the molecule is Cc1cccc(CNc2cccc(C)c2C)c1C. The zero-order valence-corrected chi connectivity index (χ0v) is 11.7. The van der Waals surface area contributed by atoms with E-state index < -0.39 is 0 Å². The Kier molecular flexibility index (Phi) is 3.71. The van der Waals surface area contributed by atoms with Crippen molar-refractivity contribution in [2.24, 2.45) is 0 Å². The average molecular weight is 239 g/mol. The van der Waals surface area contributed by atoms with E-state index in [0.717, 1.165) is 6.54 Å². The molecule has 0 atom stereocenters. The first-order valence-corrected chi connectivity index (χ1v) is 6.45. The van der Waals surface area contributed by atoms with Gasteiger partial charge in [0.25, 0.3) is 0 Å². The lowest BCUT2D eigenvalue weighted by molar-refractivity contribution is 1.09. The summed E-state index contributed by atoms with van der Waals surface area (Å²) in [7, 11) is 0. The van der Waals surface area contributed by atoms with Gasteiger partial charge >= 0.3 is 0 Å². The van der Waals surface area contributed by atoms with Gasteiger partial charge < -0.3 is 5.32 Å². The molecule has 2 aromatic rings. The molecule has 0 amide bonds. The zero-order chi connectivity index (χ0) is 13.1. The van der Waals surface area contributed by atoms with E-state index in [1.165, 1.54) is 33.5 Å². The topological polar surface area (TPSA) is 12.0 Å². The summed E-state index contributed by atoms with van der Waals surface area (Å²) in [5, 5.41) is 3.54. The molecule has 0 aromatic heterocycles. The van der Waals surface area contributed by atoms with E-state index in [1.54, 1.807) is 0 Å². The van der Waals surface area contributed by atoms with Crippen molar-refractivity contribution in [3.63, 3.8) is 0 Å². The Hall–Kier alpha value is -1.76. The minimum atomic E-state index is 0.887. The molecule has 2 rings (SSSR count). The molecular weight excluding hydrogens is 218 g/mol. The standard InChI is InChI=1S/C17H21N/c1-12-7-5-9-16(14(12)3)11-18-17-10-6-8-13(2)15(17)4/h5-10,18H,11H2,1-4H3. The van der Waals surface area contributed by atoms with Gasteiger partial charge in [0.2, 0.25) is 0 Å². The molecule has 0 bridgehead atoms. The highest BCUT2D eigenvalue weighted by Crippen LogP contribution is 2.20. The van der Waals surface area contributed by atoms with Gasteiger partial charge in [0.05, 0.1) is 0 Å². The molecule has 0 fully saturated rings. The van der Waals surface area contributed by atoms with E-state index in [-0.39, 0.29) is 0 Å². The number of hydrogen-bond donors (Lipinski definition) is 1. The molecule has 0 spiro atoms. The van der Waals surface area contributed by atoms with Crippen LogP contribution in [0.3, 0.4) is 0 Å². The Labute approximate surface area is 110 Å². The Morgan fingerprint density at radius 1 is 0.778 bits per heavy atom. The molecule has 1 N–H and O–H groups in total. The van der Waals surface area contributed by atoms with Crippen molar-refractivity contribution in [3.8, 4) is 0 Å². The molecule has 0 saturated carbocycles. The van der Waals surface area contributed by atoms with E-state index in [4.69, 9.17) is 0 Å². The van der Waals surface area contributed by atoms with Crippen LogP contribution in [0.1, 0.15) is 27.8 Å². The monoisotopic (exact) mass is 239 g/mol. The van der Waals surface area contributed by atoms with E-state index in [9.17, 15) is 0 Å². The number of anilines is 1. The second-order valence-corrected chi connectivity index (χ2v) is 4.96. The van der Waals surface area contributed by atoms with Crippen LogP contribution in [-0.4, -0.2) is 0 Å². The first-order valence-electron chi connectivity index (χ1n) is 6.45. The van der Waals surface area contributed by atoms with Crippen LogP contribution in [0.2, 0.25) is 0 Å². The number of nitrogens with one attached hydrogen (secondary N) is 1. The predicted molar refractivity (Wildman–Crippen MR) is 79.2 cm³/mol. The van der Waals surface area contributed by atoms with Gasteiger partial charge in [0.15, 0.2) is 0 Å². The second-order valence-electron chi connectivity index (χ2n) is 4.96. The molecule has 0 aliphatic heterocycles. The number of hydrogen-bond acceptors (Lipinski definition) is 1. The molecule has 94 valence electrons. The van der Waals surface area contributed by atoms with Crippen LogP contribution < -0.4 is 5.32 Å². The molecule has 0 radical (unpaired) electrons. The van der Waals surface area contributed by atoms with Crippen LogP contribution in [0.5, 0.6) is 0 Å². The fourth-order valence-corrected chi connectivity index (χ4v) is 2.14. The lowest BCUT2D eigenvalue weighted by atomic mass is 10.0. The Morgan fingerprint density at radius 2 is 1.39 bits per heavy atom. The summed E-state index contributed by atoms with van der Waals surface area (Å²) in [6.07, 6.45) is 0. The Bertz CT molecular complexity index is 504. The van der Waals surface area contributed by atoms with Crippen molar-refractivity contribution >= 4 is 5.69 Å². The van der Waals surface area contributed by atoms with Crippen LogP contribution in [-0.2, 0) is 6.54 Å². The van der Waals surface area contributed by atoms with Gasteiger partial charge in [0, 0.05) is 12.2 Å². The van der Waals surface area contributed by atoms with Crippen molar-refractivity contribution in [3.05, 3.63) is 64.2 Å². The van der Waals surface area contributed by atoms with E-state index in [1.807, 2.05) is 0 Å². The van der Waals surface area contributed by atoms with Gasteiger partial charge in [-0.05, 0) is 61.6 Å². The summed E-state index contributed by atoms with van der Waals surface area (Å²) in [5.74, 6) is 0. The zero-order valence-electron chi connectivity index (χ0n) is 11.7. The van der Waals surface area contributed by atoms with Gasteiger partial charge in [-0.25, -0.2) is 0 Å². The third-order valence-corrected chi connectivity index (χ3v) is 3.79. The number of aryl methyl sites for hydroxylation is 2. The van der Waals surface area contributed by atoms with Crippen molar-refractivity contribution in [2.75, 3.05) is 5.32 Å². The van der Waals surface area contributed by atoms with E-state index >= 15 is 0 Å². The average Bonchev–Trinajstić information content (AvgIpc) is 2.36. The van der Waals surface area contributed by atoms with Gasteiger partial charge in [0.1, 0.15) is 0 Å². The summed E-state index contributed by atoms with van der Waals surface area (Å²) in [4.78, 5) is 0. The highest BCUT2D eigenvalue weighted by molar-refractivity contribution is 5.54. The summed E-state index contributed by atoms with van der Waals surface area (Å²) in [6, 6.07) is 12.9. The van der Waals surface area contributed by atoms with Crippen molar-refractivity contribution in [2.45, 2.75) is 34.2 Å². The lowest BCUT2D eigenvalue weighted by Gasteiger charge is -2.13. The number of rotatable bonds is 3. The molecule has 0 unspecified atom stereocenters. The molecule has 0 saturated heterocycles. The third kappa shape index (κ3) is 2.56. The van der Waals surface area contributed by atoms with Gasteiger partial charge in [-0.15, -0.1) is 0 Å². The van der Waals surface area contributed by atoms with Crippen LogP contribution in [0, 0.1) is 27.7 Å². The quantitative estimate of drug-likeness (QED) is 0.829. The summed E-state index contributed by atoms with van der Waals surface area (Å²) in [5.41, 5.74) is 8.01. The fraction of sp³-hybridized carbons (Fsp3) is 0.294. The van der Waals surface area contributed by atoms with Gasteiger partial charge in [-0.2, -0.15) is 0 Å². The van der Waals surface area contributed by atoms with Crippen LogP contribution >= 0.6 is 0 Å². The van der Waals surface area contributed by atoms with Crippen LogP contribution in [0.25, 0.3) is 0 Å². The molecular formula is C17H21N. The van der Waals surface area contributed by atoms with Crippen molar-refractivity contribution in [1.82, 2.24) is 0 Å². The summed E-state index contributed by atoms with van der Waals surface area (Å²) in [6.45, 7) is 9.56. The first-order chi connectivity index (χ1) is 8.59. The molecule has 18 heavy (non-hydrogen) atoms. The minimum Gasteiger partial charge on any atom is -0.381 e. The van der Waals surface area contributed by atoms with Crippen molar-refractivity contribution in [1.29, 1.82) is 0 Å². The molecule has 0 aliphatic carbocycles. The summed E-state index contributed by atoms with van der Waals surface area (Å²) < 4.78 is 0. The fourth-order valence-electron chi connectivity index (χ4n) is 2.14. The van der Waals surface area contributed by atoms with Crippen LogP contribution in [0.4, 0.5) is 5.69 Å². The minimum absolute atomic E-state index is 0.887. The normalized spacial score (nSPS) is 10.4. The van der Waals surface area contributed by atoms with Gasteiger partial charge in [-0.1, -0.05) is 30.3 Å². The van der Waals surface area contributed by atoms with E-state index in [0.29, 0.717) is 0 Å². The molecule has 0 aliphatic rings. The van der Waals surface area contributed by atoms with Crippen LogP contribution in [0.15, 0.2) is 36.4 Å². The first kappa shape index (κ1) is 12.7. The Morgan fingerprint density at radius 3 is 2.11 bits per heavy atom. The smallest absolute Gasteiger partial charge is 0.0403 e. The predicted octanol–water partition coefficient (Wildman–Crippen LogP) is 4.53. The molecule has 0 heterocycles. The largest absolute Gasteiger partial charge is 0.381 e. The third-order valence-electron chi connectivity index (χ3n) is 3.79. The highest BCUT2D eigenvalue weighted by Gasteiger charge is 2.03. The van der Waals surface area contributed by atoms with Gasteiger partial charge in [-0.3, -0.25) is 0 Å². The molecule has 1 heteroatoms. The Balaban J connectivity index is 2.17. The maximum absolute atomic E-state index is 3.54.